The van der Waals surface area contributed by atoms with Crippen molar-refractivity contribution in [2.45, 2.75) is 24.4 Å². The van der Waals surface area contributed by atoms with Crippen LogP contribution in [0.5, 0.6) is 0 Å². The van der Waals surface area contributed by atoms with Crippen molar-refractivity contribution >= 4 is 28.6 Å². The van der Waals surface area contributed by atoms with Crippen LogP contribution in [0, 0.1) is 0 Å². The molecule has 0 aliphatic rings. The molecule has 0 aromatic heterocycles. The molecule has 0 saturated carbocycles. The first-order chi connectivity index (χ1) is 3.41. The maximum absolute atomic E-state index is 2.28. The third-order valence-electron chi connectivity index (χ3n) is 0.604. The summed E-state index contributed by atoms with van der Waals surface area (Å²) in [6.07, 6.45) is 0. The fourth-order valence-electron chi connectivity index (χ4n) is 0.312. The van der Waals surface area contributed by atoms with Crippen LogP contribution in [-0.2, 0) is 0 Å². The van der Waals surface area contributed by atoms with Crippen molar-refractivity contribution in [3.05, 3.63) is 0 Å². The van der Waals surface area contributed by atoms with E-state index in [0.29, 0.717) is 0 Å². The quantitative estimate of drug-likeness (QED) is 0.405. The maximum Gasteiger partial charge on any atom is 0.0308 e. The molecular formula is C4H10Si3. The smallest absolute Gasteiger partial charge is 0.0308 e. The van der Waals surface area contributed by atoms with E-state index in [9.17, 15) is 0 Å². The van der Waals surface area contributed by atoms with Gasteiger partial charge < -0.3 is 0 Å². The van der Waals surface area contributed by atoms with Crippen LogP contribution in [-0.4, -0.2) is 28.6 Å². The van der Waals surface area contributed by atoms with Gasteiger partial charge in [-0.3, -0.25) is 0 Å². The number of hydrogen-bond donors (Lipinski definition) is 0. The zero-order chi connectivity index (χ0) is 5.54. The fourth-order valence-corrected chi connectivity index (χ4v) is 3.94. The molecule has 0 aromatic carbocycles. The lowest BCUT2D eigenvalue weighted by molar-refractivity contribution is 1.83. The Labute approximate surface area is 53.6 Å². The van der Waals surface area contributed by atoms with Gasteiger partial charge in [-0.2, -0.15) is 0 Å². The Morgan fingerprint density at radius 3 is 1.71 bits per heavy atom. The molecule has 3 heteroatoms. The molecule has 6 radical (unpaired) electrons. The Kier molecular flexibility index (Phi) is 7.27. The van der Waals surface area contributed by atoms with Crippen molar-refractivity contribution in [1.29, 1.82) is 0 Å². The maximum atomic E-state index is 2.28. The van der Waals surface area contributed by atoms with Gasteiger partial charge >= 0.3 is 0 Å². The predicted octanol–water partition coefficient (Wildman–Crippen LogP) is 0.947. The van der Waals surface area contributed by atoms with E-state index in [1.54, 1.807) is 0 Å². The van der Waals surface area contributed by atoms with Gasteiger partial charge in [-0.25, -0.2) is 0 Å². The highest BCUT2D eigenvalue weighted by Gasteiger charge is 1.83. The van der Waals surface area contributed by atoms with Gasteiger partial charge in [0.1, 0.15) is 0 Å². The normalized spacial score (nSPS) is 9.43. The van der Waals surface area contributed by atoms with Gasteiger partial charge in [-0.15, -0.1) is 0 Å². The Balaban J connectivity index is 2.45. The standard InChI is InChI=1S/C4H10Si3/c1-5-3-7-4-6-2/h3-4H2,1-2H3. The first kappa shape index (κ1) is 7.65. The molecule has 7 heavy (non-hydrogen) atoms. The van der Waals surface area contributed by atoms with Crippen molar-refractivity contribution in [2.75, 3.05) is 0 Å². The molecule has 0 nitrogen and oxygen atoms in total. The largest absolute Gasteiger partial charge is 0.0735 e. The van der Waals surface area contributed by atoms with Crippen molar-refractivity contribution < 1.29 is 0 Å². The van der Waals surface area contributed by atoms with Gasteiger partial charge in [-0.05, 0) is 0 Å². The van der Waals surface area contributed by atoms with Crippen molar-refractivity contribution in [2.24, 2.45) is 0 Å². The van der Waals surface area contributed by atoms with Gasteiger partial charge in [0.05, 0.1) is 0 Å². The van der Waals surface area contributed by atoms with Gasteiger partial charge in [0.25, 0.3) is 0 Å². The Morgan fingerprint density at radius 2 is 1.43 bits per heavy atom. The molecule has 0 heterocycles. The summed E-state index contributed by atoms with van der Waals surface area (Å²) in [6, 6.07) is 0. The van der Waals surface area contributed by atoms with E-state index in [-0.39, 0.29) is 0 Å². The minimum Gasteiger partial charge on any atom is -0.0735 e. The molecule has 0 amide bonds. The van der Waals surface area contributed by atoms with Crippen LogP contribution in [0.15, 0.2) is 0 Å². The number of rotatable bonds is 4. The van der Waals surface area contributed by atoms with Gasteiger partial charge in [0, 0.05) is 28.6 Å². The molecule has 0 aliphatic heterocycles. The minimum atomic E-state index is 1.18. The van der Waals surface area contributed by atoms with Crippen molar-refractivity contribution in [3.8, 4) is 0 Å². The molecule has 0 aromatic rings. The van der Waals surface area contributed by atoms with Crippen LogP contribution in [0.2, 0.25) is 24.4 Å². The molecule has 38 valence electrons. The fraction of sp³-hybridized carbons (Fsp3) is 1.00. The van der Waals surface area contributed by atoms with Crippen LogP contribution in [0.4, 0.5) is 0 Å². The molecule has 0 atom stereocenters. The van der Waals surface area contributed by atoms with Crippen LogP contribution < -0.4 is 0 Å². The Bertz CT molecular complexity index is 26.1. The van der Waals surface area contributed by atoms with E-state index in [1.807, 2.05) is 0 Å². The predicted molar refractivity (Wildman–Crippen MR) is 38.6 cm³/mol. The molecule has 0 spiro atoms. The average molecular weight is 142 g/mol. The van der Waals surface area contributed by atoms with Crippen LogP contribution in [0.3, 0.4) is 0 Å². The van der Waals surface area contributed by atoms with Crippen LogP contribution in [0.1, 0.15) is 0 Å². The molecule has 0 rings (SSSR count). The SMILES string of the molecule is C[Si]C[Si]C[Si]C. The zero-order valence-corrected chi connectivity index (χ0v) is 7.91. The molecular weight excluding hydrogens is 132 g/mol. The second-order valence-corrected chi connectivity index (χ2v) is 6.05. The molecule has 0 unspecified atom stereocenters. The molecule has 0 N–H and O–H groups in total. The highest BCUT2D eigenvalue weighted by atomic mass is 28.3. The second-order valence-electron chi connectivity index (χ2n) is 1.31. The first-order valence-electron chi connectivity index (χ1n) is 2.41. The summed E-state index contributed by atoms with van der Waals surface area (Å²) >= 11 is 0. The van der Waals surface area contributed by atoms with Crippen LogP contribution >= 0.6 is 0 Å². The monoisotopic (exact) mass is 142 g/mol. The van der Waals surface area contributed by atoms with Crippen molar-refractivity contribution in [1.82, 2.24) is 0 Å². The lowest BCUT2D eigenvalue weighted by Gasteiger charge is -1.87. The summed E-state index contributed by atoms with van der Waals surface area (Å²) < 4.78 is 0. The van der Waals surface area contributed by atoms with E-state index in [2.05, 4.69) is 13.1 Å². The Hall–Kier alpha value is 0.651. The minimum absolute atomic E-state index is 1.18. The topological polar surface area (TPSA) is 0 Å². The molecule has 0 saturated heterocycles. The van der Waals surface area contributed by atoms with E-state index in [4.69, 9.17) is 0 Å². The lowest BCUT2D eigenvalue weighted by atomic mass is 11.8. The summed E-state index contributed by atoms with van der Waals surface area (Å²) in [5.41, 5.74) is 2.97. The van der Waals surface area contributed by atoms with E-state index < -0.39 is 0 Å². The van der Waals surface area contributed by atoms with Crippen LogP contribution in [0.25, 0.3) is 0 Å². The van der Waals surface area contributed by atoms with E-state index in [1.165, 1.54) is 39.9 Å². The molecule has 0 aliphatic carbocycles. The lowest BCUT2D eigenvalue weighted by Crippen LogP contribution is -1.95. The third kappa shape index (κ3) is 6.65. The Morgan fingerprint density at radius 1 is 1.00 bits per heavy atom. The van der Waals surface area contributed by atoms with Gasteiger partial charge in [0.2, 0.25) is 0 Å². The summed E-state index contributed by atoms with van der Waals surface area (Å²) in [5.74, 6) is 0. The highest BCUT2D eigenvalue weighted by molar-refractivity contribution is 6.63. The summed E-state index contributed by atoms with van der Waals surface area (Å²) in [4.78, 5) is 0. The molecule has 0 bridgehead atoms. The zero-order valence-electron chi connectivity index (χ0n) is 4.91. The summed E-state index contributed by atoms with van der Waals surface area (Å²) in [7, 11) is 3.63. The van der Waals surface area contributed by atoms with Gasteiger partial charge in [-0.1, -0.05) is 24.4 Å². The van der Waals surface area contributed by atoms with E-state index >= 15 is 0 Å². The summed E-state index contributed by atoms with van der Waals surface area (Å²) in [6.45, 7) is 4.57. The van der Waals surface area contributed by atoms with Crippen molar-refractivity contribution in [3.63, 3.8) is 0 Å². The summed E-state index contributed by atoms with van der Waals surface area (Å²) in [5, 5.41) is 0. The number of hydrogen-bond acceptors (Lipinski definition) is 0. The highest BCUT2D eigenvalue weighted by Crippen LogP contribution is 1.79. The van der Waals surface area contributed by atoms with E-state index in [0.717, 1.165) is 0 Å². The van der Waals surface area contributed by atoms with Gasteiger partial charge in [0.15, 0.2) is 0 Å². The molecule has 0 fully saturated rings. The second kappa shape index (κ2) is 6.65. The third-order valence-corrected chi connectivity index (χ3v) is 5.43. The first-order valence-corrected chi connectivity index (χ1v) is 7.24. The average Bonchev–Trinajstić information content (AvgIpc) is 1.69.